The molecule has 1 N–H and O–H groups in total. The van der Waals surface area contributed by atoms with E-state index in [1.165, 1.54) is 12.8 Å². The SMILES string of the molecule is CNCC1CCN(Cc2cc(=O)n3cccc(C)c3n2)CC1.Cl. The molecular weight excluding hydrogens is 312 g/mol. The maximum absolute atomic E-state index is 12.2. The lowest BCUT2D eigenvalue weighted by Crippen LogP contribution is -2.36. The van der Waals surface area contributed by atoms with Gasteiger partial charge in [0.1, 0.15) is 5.65 Å². The van der Waals surface area contributed by atoms with E-state index in [0.717, 1.165) is 49.0 Å². The fourth-order valence-corrected chi connectivity index (χ4v) is 3.26. The Bertz CT molecular complexity index is 707. The summed E-state index contributed by atoms with van der Waals surface area (Å²) in [6, 6.07) is 5.55. The third-order valence-electron chi connectivity index (χ3n) is 4.52. The van der Waals surface area contributed by atoms with Crippen LogP contribution in [0.15, 0.2) is 29.2 Å². The summed E-state index contributed by atoms with van der Waals surface area (Å²) >= 11 is 0. The highest BCUT2D eigenvalue weighted by molar-refractivity contribution is 5.85. The number of hydrogen-bond acceptors (Lipinski definition) is 4. The summed E-state index contributed by atoms with van der Waals surface area (Å²) < 4.78 is 1.62. The van der Waals surface area contributed by atoms with Crippen molar-refractivity contribution in [3.8, 4) is 0 Å². The summed E-state index contributed by atoms with van der Waals surface area (Å²) in [5, 5.41) is 3.26. The van der Waals surface area contributed by atoms with E-state index in [0.29, 0.717) is 0 Å². The Morgan fingerprint density at radius 3 is 2.78 bits per heavy atom. The zero-order chi connectivity index (χ0) is 15.5. The van der Waals surface area contributed by atoms with E-state index in [2.05, 4.69) is 10.2 Å². The molecule has 126 valence electrons. The molecule has 0 amide bonds. The first-order chi connectivity index (χ1) is 10.7. The van der Waals surface area contributed by atoms with Gasteiger partial charge >= 0.3 is 0 Å². The highest BCUT2D eigenvalue weighted by atomic mass is 35.5. The minimum Gasteiger partial charge on any atom is -0.319 e. The van der Waals surface area contributed by atoms with Gasteiger partial charge in [0.2, 0.25) is 0 Å². The maximum Gasteiger partial charge on any atom is 0.258 e. The van der Waals surface area contributed by atoms with Crippen LogP contribution < -0.4 is 10.9 Å². The van der Waals surface area contributed by atoms with Crippen molar-refractivity contribution in [3.05, 3.63) is 46.0 Å². The molecule has 1 aliphatic heterocycles. The fourth-order valence-electron chi connectivity index (χ4n) is 3.26. The predicted octanol–water partition coefficient (Wildman–Crippen LogP) is 1.86. The Balaban J connectivity index is 0.00000192. The van der Waals surface area contributed by atoms with Crippen LogP contribution in [0.25, 0.3) is 5.65 Å². The lowest BCUT2D eigenvalue weighted by Gasteiger charge is -2.31. The highest BCUT2D eigenvalue weighted by Gasteiger charge is 2.19. The molecule has 2 aromatic rings. The molecule has 5 nitrogen and oxygen atoms in total. The van der Waals surface area contributed by atoms with Crippen molar-refractivity contribution in [3.63, 3.8) is 0 Å². The molecule has 0 atom stereocenters. The van der Waals surface area contributed by atoms with E-state index in [4.69, 9.17) is 4.98 Å². The summed E-state index contributed by atoms with van der Waals surface area (Å²) in [4.78, 5) is 19.3. The van der Waals surface area contributed by atoms with Crippen molar-refractivity contribution in [2.45, 2.75) is 26.3 Å². The molecular formula is C17H25ClN4O. The van der Waals surface area contributed by atoms with E-state index in [-0.39, 0.29) is 18.0 Å². The van der Waals surface area contributed by atoms with Crippen LogP contribution in [0.2, 0.25) is 0 Å². The molecule has 3 heterocycles. The number of nitrogens with zero attached hydrogens (tertiary/aromatic N) is 3. The fraction of sp³-hybridized carbons (Fsp3) is 0.529. The molecule has 1 saturated heterocycles. The van der Waals surface area contributed by atoms with E-state index in [1.54, 1.807) is 16.7 Å². The Labute approximate surface area is 143 Å². The number of halogens is 1. The number of aromatic nitrogens is 2. The van der Waals surface area contributed by atoms with Crippen molar-refractivity contribution in [1.82, 2.24) is 19.6 Å². The van der Waals surface area contributed by atoms with Crippen molar-refractivity contribution in [2.24, 2.45) is 5.92 Å². The maximum atomic E-state index is 12.2. The van der Waals surface area contributed by atoms with Crippen LogP contribution in [0.3, 0.4) is 0 Å². The molecule has 0 radical (unpaired) electrons. The van der Waals surface area contributed by atoms with E-state index in [1.807, 2.05) is 26.1 Å². The van der Waals surface area contributed by atoms with E-state index < -0.39 is 0 Å². The Morgan fingerprint density at radius 2 is 2.09 bits per heavy atom. The second-order valence-corrected chi connectivity index (χ2v) is 6.25. The predicted molar refractivity (Wildman–Crippen MR) is 95.4 cm³/mol. The Kier molecular flexibility index (Phi) is 6.16. The van der Waals surface area contributed by atoms with Crippen LogP contribution in [-0.2, 0) is 6.54 Å². The molecule has 6 heteroatoms. The van der Waals surface area contributed by atoms with Crippen LogP contribution in [-0.4, -0.2) is 41.0 Å². The minimum absolute atomic E-state index is 0. The molecule has 0 bridgehead atoms. The second kappa shape index (κ2) is 7.90. The first-order valence-electron chi connectivity index (χ1n) is 8.02. The third kappa shape index (κ3) is 4.10. The number of pyridine rings is 1. The topological polar surface area (TPSA) is 49.6 Å². The Hall–Kier alpha value is -1.43. The Morgan fingerprint density at radius 1 is 1.35 bits per heavy atom. The van der Waals surface area contributed by atoms with Gasteiger partial charge in [-0.3, -0.25) is 14.1 Å². The first-order valence-corrected chi connectivity index (χ1v) is 8.02. The summed E-state index contributed by atoms with van der Waals surface area (Å²) in [5.41, 5.74) is 2.70. The lowest BCUT2D eigenvalue weighted by atomic mass is 9.97. The summed E-state index contributed by atoms with van der Waals surface area (Å²) in [7, 11) is 2.02. The van der Waals surface area contributed by atoms with Gasteiger partial charge in [0.15, 0.2) is 0 Å². The number of fused-ring (bicyclic) bond motifs is 1. The van der Waals surface area contributed by atoms with Gasteiger partial charge in [-0.25, -0.2) is 4.98 Å². The van der Waals surface area contributed by atoms with Gasteiger partial charge in [-0.1, -0.05) is 6.07 Å². The quantitative estimate of drug-likeness (QED) is 0.926. The van der Waals surface area contributed by atoms with Gasteiger partial charge in [-0.2, -0.15) is 0 Å². The standard InChI is InChI=1S/C17H24N4O.ClH/c1-13-4-3-7-21-16(22)10-15(19-17(13)21)12-20-8-5-14(6-9-20)11-18-2;/h3-4,7,10,14,18H,5-6,8-9,11-12H2,1-2H3;1H. The molecule has 2 aromatic heterocycles. The number of nitrogens with one attached hydrogen (secondary N) is 1. The zero-order valence-corrected chi connectivity index (χ0v) is 14.6. The number of piperidine rings is 1. The molecule has 1 fully saturated rings. The van der Waals surface area contributed by atoms with Gasteiger partial charge in [0.05, 0.1) is 5.69 Å². The normalized spacial score (nSPS) is 16.4. The first kappa shape index (κ1) is 17.9. The highest BCUT2D eigenvalue weighted by Crippen LogP contribution is 2.18. The average Bonchev–Trinajstić information content (AvgIpc) is 2.51. The van der Waals surface area contributed by atoms with Crippen molar-refractivity contribution in [2.75, 3.05) is 26.7 Å². The van der Waals surface area contributed by atoms with Crippen molar-refractivity contribution < 1.29 is 0 Å². The van der Waals surface area contributed by atoms with E-state index in [9.17, 15) is 4.79 Å². The summed E-state index contributed by atoms with van der Waals surface area (Å²) in [5.74, 6) is 0.777. The van der Waals surface area contributed by atoms with Crippen LogP contribution >= 0.6 is 12.4 Å². The molecule has 0 aromatic carbocycles. The summed E-state index contributed by atoms with van der Waals surface area (Å²) in [6.45, 7) is 6.03. The smallest absolute Gasteiger partial charge is 0.258 e. The third-order valence-corrected chi connectivity index (χ3v) is 4.52. The van der Waals surface area contributed by atoms with E-state index >= 15 is 0 Å². The molecule has 0 spiro atoms. The van der Waals surface area contributed by atoms with Crippen molar-refractivity contribution >= 4 is 18.1 Å². The molecule has 1 aliphatic rings. The monoisotopic (exact) mass is 336 g/mol. The molecule has 0 saturated carbocycles. The van der Waals surface area contributed by atoms with Crippen molar-refractivity contribution in [1.29, 1.82) is 0 Å². The zero-order valence-electron chi connectivity index (χ0n) is 13.8. The van der Waals surface area contributed by atoms with Gasteiger partial charge in [0.25, 0.3) is 5.56 Å². The molecule has 0 aliphatic carbocycles. The molecule has 3 rings (SSSR count). The van der Waals surface area contributed by atoms with Crippen LogP contribution in [0.5, 0.6) is 0 Å². The molecule has 0 unspecified atom stereocenters. The number of aryl methyl sites for hydroxylation is 1. The number of likely N-dealkylation sites (tertiary alicyclic amines) is 1. The van der Waals surface area contributed by atoms with Crippen LogP contribution in [0.4, 0.5) is 0 Å². The second-order valence-electron chi connectivity index (χ2n) is 6.25. The summed E-state index contributed by atoms with van der Waals surface area (Å²) in [6.07, 6.45) is 4.21. The van der Waals surface area contributed by atoms with Crippen LogP contribution in [0, 0.1) is 12.8 Å². The lowest BCUT2D eigenvalue weighted by molar-refractivity contribution is 0.175. The van der Waals surface area contributed by atoms with Crippen LogP contribution in [0.1, 0.15) is 24.1 Å². The van der Waals surface area contributed by atoms with Gasteiger partial charge in [-0.05, 0) is 64.0 Å². The largest absolute Gasteiger partial charge is 0.319 e. The minimum atomic E-state index is 0. The van der Waals surface area contributed by atoms with Gasteiger partial charge in [-0.15, -0.1) is 12.4 Å². The number of hydrogen-bond donors (Lipinski definition) is 1. The molecule has 23 heavy (non-hydrogen) atoms. The number of rotatable bonds is 4. The average molecular weight is 337 g/mol. The van der Waals surface area contributed by atoms with Gasteiger partial charge < -0.3 is 5.32 Å². The van der Waals surface area contributed by atoms with Gasteiger partial charge in [0, 0.05) is 18.8 Å².